The summed E-state index contributed by atoms with van der Waals surface area (Å²) in [7, 11) is 0. The van der Waals surface area contributed by atoms with Crippen molar-refractivity contribution in [2.45, 2.75) is 104 Å². The van der Waals surface area contributed by atoms with Gasteiger partial charge in [0.25, 0.3) is 0 Å². The van der Waals surface area contributed by atoms with Crippen LogP contribution in [0.3, 0.4) is 0 Å². The second kappa shape index (κ2) is 9.24. The second-order valence-corrected chi connectivity index (χ2v) is 10.6. The van der Waals surface area contributed by atoms with Gasteiger partial charge in [0.05, 0.1) is 6.10 Å². The van der Waals surface area contributed by atoms with Gasteiger partial charge in [-0.1, -0.05) is 17.2 Å². The van der Waals surface area contributed by atoms with E-state index in [1.54, 1.807) is 0 Å². The minimum Gasteiger partial charge on any atom is -0.459 e. The van der Waals surface area contributed by atoms with E-state index in [-0.39, 0.29) is 29.8 Å². The third-order valence-corrected chi connectivity index (χ3v) is 7.35. The fourth-order valence-electron chi connectivity index (χ4n) is 6.41. The number of esters is 3. The van der Waals surface area contributed by atoms with Crippen molar-refractivity contribution in [3.63, 3.8) is 0 Å². The first kappa shape index (κ1) is 25.5. The standard InChI is InChI=1S/C26H38O7/c1-14-10-9-11-26(8,33-18(5)29)24-22-21(19(12-14)31-24)15(2)13-20(30-16(3)27)23(22)25(6,7)32-17(4)28/h10,13,19-24H,9,11-12H2,1-8H3/b14-10+/t19-,20+,21+,22-,23-,24-,26+/m0/s1. The van der Waals surface area contributed by atoms with Gasteiger partial charge in [-0.2, -0.15) is 0 Å². The van der Waals surface area contributed by atoms with Crippen LogP contribution in [0.5, 0.6) is 0 Å². The minimum atomic E-state index is -0.950. The zero-order valence-corrected chi connectivity index (χ0v) is 21.1. The molecule has 0 aromatic heterocycles. The van der Waals surface area contributed by atoms with Crippen LogP contribution in [0.25, 0.3) is 0 Å². The number of rotatable bonds is 4. The molecule has 1 saturated heterocycles. The van der Waals surface area contributed by atoms with Gasteiger partial charge < -0.3 is 18.9 Å². The molecule has 2 bridgehead atoms. The molecule has 184 valence electrons. The topological polar surface area (TPSA) is 88.1 Å². The average molecular weight is 463 g/mol. The molecule has 3 aliphatic rings. The number of allylic oxidation sites excluding steroid dienone is 1. The monoisotopic (exact) mass is 462 g/mol. The first-order valence-electron chi connectivity index (χ1n) is 11.8. The lowest BCUT2D eigenvalue weighted by Crippen LogP contribution is -2.57. The summed E-state index contributed by atoms with van der Waals surface area (Å²) in [5, 5.41) is 0. The number of fused-ring (bicyclic) bond motifs is 5. The highest BCUT2D eigenvalue weighted by Crippen LogP contribution is 2.55. The average Bonchev–Trinajstić information content (AvgIpc) is 3.00. The summed E-state index contributed by atoms with van der Waals surface area (Å²) in [5.74, 6) is -1.73. The van der Waals surface area contributed by atoms with E-state index in [9.17, 15) is 14.4 Å². The molecule has 0 spiro atoms. The zero-order valence-electron chi connectivity index (χ0n) is 21.1. The predicted octanol–water partition coefficient (Wildman–Crippen LogP) is 4.29. The highest BCUT2D eigenvalue weighted by atomic mass is 16.6. The Labute approximate surface area is 196 Å². The molecule has 0 amide bonds. The summed E-state index contributed by atoms with van der Waals surface area (Å²) in [4.78, 5) is 36.2. The van der Waals surface area contributed by atoms with Crippen LogP contribution in [0.1, 0.15) is 74.7 Å². The lowest BCUT2D eigenvalue weighted by molar-refractivity contribution is -0.191. The first-order valence-corrected chi connectivity index (χ1v) is 11.8. The van der Waals surface area contributed by atoms with Crippen LogP contribution in [-0.2, 0) is 33.3 Å². The van der Waals surface area contributed by atoms with E-state index < -0.39 is 35.3 Å². The summed E-state index contributed by atoms with van der Waals surface area (Å²) in [6.45, 7) is 13.9. The molecule has 33 heavy (non-hydrogen) atoms. The highest BCUT2D eigenvalue weighted by molar-refractivity contribution is 5.67. The zero-order chi connectivity index (χ0) is 24.7. The van der Waals surface area contributed by atoms with Crippen molar-refractivity contribution in [1.82, 2.24) is 0 Å². The van der Waals surface area contributed by atoms with Crippen molar-refractivity contribution < 1.29 is 33.3 Å². The molecule has 0 unspecified atom stereocenters. The van der Waals surface area contributed by atoms with Crippen molar-refractivity contribution in [3.05, 3.63) is 23.3 Å². The van der Waals surface area contributed by atoms with E-state index in [1.807, 2.05) is 33.8 Å². The summed E-state index contributed by atoms with van der Waals surface area (Å²) in [6.07, 6.45) is 5.15. The Balaban J connectivity index is 2.20. The van der Waals surface area contributed by atoms with E-state index >= 15 is 0 Å². The van der Waals surface area contributed by atoms with Gasteiger partial charge in [0.2, 0.25) is 0 Å². The molecule has 0 saturated carbocycles. The molecule has 0 N–H and O–H groups in total. The predicted molar refractivity (Wildman–Crippen MR) is 122 cm³/mol. The third-order valence-electron chi connectivity index (χ3n) is 7.35. The van der Waals surface area contributed by atoms with Crippen LogP contribution < -0.4 is 0 Å². The minimum absolute atomic E-state index is 0.0120. The van der Waals surface area contributed by atoms with Gasteiger partial charge in [-0.05, 0) is 60.0 Å². The molecule has 7 heteroatoms. The van der Waals surface area contributed by atoms with Crippen molar-refractivity contribution in [1.29, 1.82) is 0 Å². The smallest absolute Gasteiger partial charge is 0.303 e. The van der Waals surface area contributed by atoms with Gasteiger partial charge >= 0.3 is 17.9 Å². The molecule has 7 atom stereocenters. The molecule has 7 nitrogen and oxygen atoms in total. The summed E-state index contributed by atoms with van der Waals surface area (Å²) in [5.41, 5.74) is 0.479. The highest BCUT2D eigenvalue weighted by Gasteiger charge is 2.62. The Morgan fingerprint density at radius 2 is 1.76 bits per heavy atom. The molecule has 0 aromatic carbocycles. The summed E-state index contributed by atoms with van der Waals surface area (Å²) >= 11 is 0. The van der Waals surface area contributed by atoms with Crippen molar-refractivity contribution in [2.24, 2.45) is 17.8 Å². The Kier molecular flexibility index (Phi) is 7.13. The van der Waals surface area contributed by atoms with Gasteiger partial charge in [0.1, 0.15) is 23.4 Å². The second-order valence-electron chi connectivity index (χ2n) is 10.6. The lowest BCUT2D eigenvalue weighted by atomic mass is 9.60. The van der Waals surface area contributed by atoms with Crippen molar-refractivity contribution in [3.8, 4) is 0 Å². The molecule has 1 aliphatic carbocycles. The van der Waals surface area contributed by atoms with Crippen LogP contribution in [0.15, 0.2) is 23.3 Å². The van der Waals surface area contributed by atoms with Crippen LogP contribution in [0, 0.1) is 17.8 Å². The molecule has 3 rings (SSSR count). The van der Waals surface area contributed by atoms with E-state index in [4.69, 9.17) is 18.9 Å². The summed E-state index contributed by atoms with van der Waals surface area (Å²) < 4.78 is 24.3. The van der Waals surface area contributed by atoms with Crippen molar-refractivity contribution >= 4 is 17.9 Å². The van der Waals surface area contributed by atoms with Crippen LogP contribution in [0.2, 0.25) is 0 Å². The first-order chi connectivity index (χ1) is 15.2. The number of carbonyl (C=O) groups is 3. The maximum atomic E-state index is 12.2. The maximum absolute atomic E-state index is 12.2. The fourth-order valence-corrected chi connectivity index (χ4v) is 6.41. The SMILES string of the molecule is CC(=O)O[C@@H]1C=C(C)[C@H]2[C@@H]([C@H]1C(C)(C)OC(C)=O)[C@@H]1O[C@H]2C/C(C)=C/CC[C@@]1(C)OC(C)=O. The van der Waals surface area contributed by atoms with E-state index in [0.717, 1.165) is 18.4 Å². The molecule has 2 aliphatic heterocycles. The maximum Gasteiger partial charge on any atom is 0.303 e. The van der Waals surface area contributed by atoms with Crippen molar-refractivity contribution in [2.75, 3.05) is 0 Å². The van der Waals surface area contributed by atoms with Gasteiger partial charge in [0, 0.05) is 38.5 Å². The van der Waals surface area contributed by atoms with Gasteiger partial charge in [0.15, 0.2) is 0 Å². The Morgan fingerprint density at radius 1 is 1.09 bits per heavy atom. The normalized spacial score (nSPS) is 37.8. The van der Waals surface area contributed by atoms with E-state index in [2.05, 4.69) is 13.0 Å². The molecule has 1 fully saturated rings. The molecule has 0 aromatic rings. The molecule has 2 heterocycles. The van der Waals surface area contributed by atoms with E-state index in [1.165, 1.54) is 26.3 Å². The fraction of sp³-hybridized carbons (Fsp3) is 0.731. The number of hydrogen-bond acceptors (Lipinski definition) is 7. The third kappa shape index (κ3) is 5.18. The van der Waals surface area contributed by atoms with E-state index in [0.29, 0.717) is 6.42 Å². The Hall–Kier alpha value is -2.15. The number of carbonyl (C=O) groups excluding carboxylic acids is 3. The lowest BCUT2D eigenvalue weighted by Gasteiger charge is -2.49. The van der Waals surface area contributed by atoms with Crippen LogP contribution >= 0.6 is 0 Å². The molecule has 0 radical (unpaired) electrons. The molecular weight excluding hydrogens is 424 g/mol. The number of hydrogen-bond donors (Lipinski definition) is 0. The largest absolute Gasteiger partial charge is 0.459 e. The van der Waals surface area contributed by atoms with Crippen LogP contribution in [0.4, 0.5) is 0 Å². The summed E-state index contributed by atoms with van der Waals surface area (Å²) in [6, 6.07) is 0. The van der Waals surface area contributed by atoms with Gasteiger partial charge in [-0.25, -0.2) is 0 Å². The van der Waals surface area contributed by atoms with Gasteiger partial charge in [-0.15, -0.1) is 0 Å². The molecular formula is C26H38O7. The number of ether oxygens (including phenoxy) is 4. The van der Waals surface area contributed by atoms with Crippen LogP contribution in [-0.4, -0.2) is 47.4 Å². The quantitative estimate of drug-likeness (QED) is 0.350. The Morgan fingerprint density at radius 3 is 2.33 bits per heavy atom. The Bertz CT molecular complexity index is 870. The van der Waals surface area contributed by atoms with Gasteiger partial charge in [-0.3, -0.25) is 14.4 Å².